The van der Waals surface area contributed by atoms with Crippen molar-refractivity contribution in [3.63, 3.8) is 0 Å². The number of piperidine rings is 1. The molecule has 3 aliphatic heterocycles. The van der Waals surface area contributed by atoms with Gasteiger partial charge >= 0.3 is 0 Å². The Morgan fingerprint density at radius 3 is 1.90 bits per heavy atom. The fourth-order valence-electron chi connectivity index (χ4n) is 7.60. The molecule has 2 N–H and O–H groups in total. The molecule has 2 nitrogen and oxygen atoms in total. The number of nitrogens with zero attached hydrogens (tertiary/aromatic N) is 1. The molecule has 3 saturated heterocycles. The van der Waals surface area contributed by atoms with Crippen molar-refractivity contribution in [1.82, 2.24) is 4.90 Å². The minimum Gasteiger partial charge on any atom is -0.324 e. The fourth-order valence-corrected chi connectivity index (χ4v) is 7.60. The molecule has 1 atom stereocenters. The zero-order valence-corrected chi connectivity index (χ0v) is 12.8. The van der Waals surface area contributed by atoms with Crippen molar-refractivity contribution in [1.29, 1.82) is 0 Å². The molecule has 0 radical (unpaired) electrons. The van der Waals surface area contributed by atoms with Crippen LogP contribution in [0.3, 0.4) is 0 Å². The molecule has 20 heavy (non-hydrogen) atoms. The minimum atomic E-state index is 0.189. The lowest BCUT2D eigenvalue weighted by atomic mass is 9.42. The number of nitrogens with two attached hydrogens (primary N) is 1. The third-order valence-electron chi connectivity index (χ3n) is 8.18. The Bertz CT molecular complexity index is 374. The molecule has 7 fully saturated rings. The molecule has 1 unspecified atom stereocenters. The third kappa shape index (κ3) is 1.53. The van der Waals surface area contributed by atoms with Crippen molar-refractivity contribution in [2.75, 3.05) is 19.6 Å². The van der Waals surface area contributed by atoms with Gasteiger partial charge in [0, 0.05) is 5.54 Å². The molecule has 0 aromatic heterocycles. The Balaban J connectivity index is 1.54. The van der Waals surface area contributed by atoms with Gasteiger partial charge in [0.05, 0.1) is 0 Å². The van der Waals surface area contributed by atoms with Gasteiger partial charge in [-0.25, -0.2) is 0 Å². The number of rotatable bonds is 1. The van der Waals surface area contributed by atoms with E-state index in [1.54, 1.807) is 19.3 Å². The summed E-state index contributed by atoms with van der Waals surface area (Å²) >= 11 is 0. The first kappa shape index (κ1) is 12.5. The predicted molar refractivity (Wildman–Crippen MR) is 81.3 cm³/mol. The number of fused-ring (bicyclic) bond motifs is 4. The summed E-state index contributed by atoms with van der Waals surface area (Å²) in [4.78, 5) is 2.69. The molecule has 0 aromatic carbocycles. The second kappa shape index (κ2) is 4.01. The second-order valence-electron chi connectivity index (χ2n) is 9.10. The average Bonchev–Trinajstić information content (AvgIpc) is 2.69. The zero-order valence-electron chi connectivity index (χ0n) is 12.8. The molecule has 112 valence electrons. The van der Waals surface area contributed by atoms with E-state index in [0.29, 0.717) is 5.41 Å². The van der Waals surface area contributed by atoms with E-state index in [-0.39, 0.29) is 5.54 Å². The van der Waals surface area contributed by atoms with Crippen LogP contribution in [0.2, 0.25) is 0 Å². The Kier molecular flexibility index (Phi) is 2.50. The standard InChI is InChI=1S/C18H30N2/c19-18(3-6-20-4-1-16(18)2-5-20)17-10-13-7-14(11-17)9-15(8-13)12-17/h13-16H,1-12,19H2. The van der Waals surface area contributed by atoms with Crippen molar-refractivity contribution in [3.05, 3.63) is 0 Å². The molecular formula is C18H30N2. The highest BCUT2D eigenvalue weighted by molar-refractivity contribution is 5.15. The maximum atomic E-state index is 7.31. The fraction of sp³-hybridized carbons (Fsp3) is 1.00. The van der Waals surface area contributed by atoms with E-state index in [2.05, 4.69) is 4.90 Å². The van der Waals surface area contributed by atoms with Crippen LogP contribution in [0.5, 0.6) is 0 Å². The van der Waals surface area contributed by atoms with Gasteiger partial charge in [-0.2, -0.15) is 0 Å². The van der Waals surface area contributed by atoms with Crippen LogP contribution in [0.15, 0.2) is 0 Å². The molecule has 7 rings (SSSR count). The van der Waals surface area contributed by atoms with E-state index in [0.717, 1.165) is 23.7 Å². The summed E-state index contributed by atoms with van der Waals surface area (Å²) < 4.78 is 0. The van der Waals surface area contributed by atoms with E-state index in [1.807, 2.05) is 0 Å². The van der Waals surface area contributed by atoms with Gasteiger partial charge < -0.3 is 10.6 Å². The third-order valence-corrected chi connectivity index (χ3v) is 8.18. The normalized spacial score (nSPS) is 60.8. The van der Waals surface area contributed by atoms with Gasteiger partial charge in [-0.05, 0) is 107 Å². The first-order chi connectivity index (χ1) is 9.67. The van der Waals surface area contributed by atoms with Crippen LogP contribution >= 0.6 is 0 Å². The molecule has 0 aromatic rings. The van der Waals surface area contributed by atoms with Crippen molar-refractivity contribution in [2.24, 2.45) is 34.8 Å². The van der Waals surface area contributed by atoms with Gasteiger partial charge in [0.2, 0.25) is 0 Å². The molecule has 0 amide bonds. The SMILES string of the molecule is NC1(C23CC4CC(CC(C4)C2)C3)CCN2CCC1CC2. The van der Waals surface area contributed by atoms with E-state index in [4.69, 9.17) is 5.73 Å². The Morgan fingerprint density at radius 2 is 1.35 bits per heavy atom. The lowest BCUT2D eigenvalue weighted by Crippen LogP contribution is -2.65. The van der Waals surface area contributed by atoms with E-state index in [1.165, 1.54) is 58.2 Å². The average molecular weight is 274 g/mol. The van der Waals surface area contributed by atoms with E-state index >= 15 is 0 Å². The smallest absolute Gasteiger partial charge is 0.0253 e. The predicted octanol–water partition coefficient (Wildman–Crippen LogP) is 3.02. The van der Waals surface area contributed by atoms with Gasteiger partial charge in [0.25, 0.3) is 0 Å². The lowest BCUT2D eigenvalue weighted by molar-refractivity contribution is -0.115. The topological polar surface area (TPSA) is 29.3 Å². The number of hydrogen-bond acceptors (Lipinski definition) is 2. The van der Waals surface area contributed by atoms with E-state index < -0.39 is 0 Å². The van der Waals surface area contributed by atoms with Crippen molar-refractivity contribution in [3.8, 4) is 0 Å². The van der Waals surface area contributed by atoms with Gasteiger partial charge in [-0.1, -0.05) is 0 Å². The summed E-state index contributed by atoms with van der Waals surface area (Å²) in [6, 6.07) is 0. The van der Waals surface area contributed by atoms with Crippen LogP contribution in [-0.2, 0) is 0 Å². The Hall–Kier alpha value is -0.0800. The number of hydrogen-bond donors (Lipinski definition) is 1. The summed E-state index contributed by atoms with van der Waals surface area (Å²) in [6.07, 6.45) is 13.2. The van der Waals surface area contributed by atoms with Crippen LogP contribution in [0, 0.1) is 29.1 Å². The lowest BCUT2D eigenvalue weighted by Gasteiger charge is -2.64. The first-order valence-electron chi connectivity index (χ1n) is 9.18. The van der Waals surface area contributed by atoms with E-state index in [9.17, 15) is 0 Å². The molecule has 0 spiro atoms. The van der Waals surface area contributed by atoms with Gasteiger partial charge in [-0.15, -0.1) is 0 Å². The van der Waals surface area contributed by atoms with Crippen LogP contribution in [0.4, 0.5) is 0 Å². The first-order valence-corrected chi connectivity index (χ1v) is 9.18. The monoisotopic (exact) mass is 274 g/mol. The van der Waals surface area contributed by atoms with Crippen LogP contribution in [0.25, 0.3) is 0 Å². The Labute approximate surface area is 123 Å². The molecule has 4 saturated carbocycles. The van der Waals surface area contributed by atoms with Crippen molar-refractivity contribution < 1.29 is 0 Å². The summed E-state index contributed by atoms with van der Waals surface area (Å²) in [5, 5.41) is 0. The maximum Gasteiger partial charge on any atom is 0.0253 e. The van der Waals surface area contributed by atoms with Crippen LogP contribution in [0.1, 0.15) is 57.8 Å². The summed E-state index contributed by atoms with van der Waals surface area (Å²) in [7, 11) is 0. The van der Waals surface area contributed by atoms with Gasteiger partial charge in [0.15, 0.2) is 0 Å². The molecule has 6 bridgehead atoms. The quantitative estimate of drug-likeness (QED) is 0.796. The summed E-state index contributed by atoms with van der Waals surface area (Å²) in [5.41, 5.74) is 8.05. The van der Waals surface area contributed by atoms with Crippen LogP contribution in [-0.4, -0.2) is 30.1 Å². The van der Waals surface area contributed by atoms with Gasteiger partial charge in [0.1, 0.15) is 0 Å². The van der Waals surface area contributed by atoms with Gasteiger partial charge in [-0.3, -0.25) is 0 Å². The molecule has 2 heteroatoms. The molecule has 4 aliphatic carbocycles. The Morgan fingerprint density at radius 1 is 0.800 bits per heavy atom. The largest absolute Gasteiger partial charge is 0.324 e. The van der Waals surface area contributed by atoms with Crippen molar-refractivity contribution in [2.45, 2.75) is 63.3 Å². The molecular weight excluding hydrogens is 244 g/mol. The molecule has 7 aliphatic rings. The second-order valence-corrected chi connectivity index (χ2v) is 9.10. The summed E-state index contributed by atoms with van der Waals surface area (Å²) in [6.45, 7) is 3.95. The summed E-state index contributed by atoms with van der Waals surface area (Å²) in [5.74, 6) is 3.96. The van der Waals surface area contributed by atoms with Crippen molar-refractivity contribution >= 4 is 0 Å². The highest BCUT2D eigenvalue weighted by Gasteiger charge is 2.61. The maximum absolute atomic E-state index is 7.31. The zero-order chi connectivity index (χ0) is 13.4. The minimum absolute atomic E-state index is 0.189. The van der Waals surface area contributed by atoms with Crippen LogP contribution < -0.4 is 5.73 Å². The highest BCUT2D eigenvalue weighted by Crippen LogP contribution is 2.65. The molecule has 3 heterocycles. The highest BCUT2D eigenvalue weighted by atomic mass is 15.1.